The van der Waals surface area contributed by atoms with Crippen LogP contribution in [-0.2, 0) is 0 Å². The molecule has 0 saturated heterocycles. The number of nitrogens with two attached hydrogens (primary N) is 2. The third-order valence-corrected chi connectivity index (χ3v) is 0.500. The van der Waals surface area contributed by atoms with Crippen molar-refractivity contribution in [2.45, 2.75) is 12.8 Å². The van der Waals surface area contributed by atoms with E-state index in [0.717, 1.165) is 0 Å². The first-order valence-corrected chi connectivity index (χ1v) is 1.98. The lowest BCUT2D eigenvalue weighted by molar-refractivity contribution is 0.755. The molecule has 0 aliphatic rings. The van der Waals surface area contributed by atoms with Crippen LogP contribution in [0.2, 0.25) is 0 Å². The first-order valence-electron chi connectivity index (χ1n) is 3.14. The van der Waals surface area contributed by atoms with Crippen LogP contribution in [0.1, 0.15) is 15.6 Å². The smallest absolute Gasteiger partial charge is 0.0425 e. The van der Waals surface area contributed by atoms with Gasteiger partial charge in [0, 0.05) is 2.74 Å². The molecule has 0 aromatic rings. The molecule has 2 nitrogen and oxygen atoms in total. The number of rotatable bonds is 3. The molecule has 0 unspecified atom stereocenters. The molecule has 0 rings (SSSR count). The lowest BCUT2D eigenvalue weighted by Gasteiger charge is -1.87. The van der Waals surface area contributed by atoms with Gasteiger partial charge in [0.1, 0.15) is 0 Å². The van der Waals surface area contributed by atoms with E-state index in [2.05, 4.69) is 0 Å². The highest BCUT2D eigenvalue weighted by Crippen LogP contribution is 1.77. The molecule has 38 valence electrons. The molecule has 0 aliphatic heterocycles. The van der Waals surface area contributed by atoms with E-state index in [-0.39, 0.29) is 0 Å². The summed E-state index contributed by atoms with van der Waals surface area (Å²) in [6.45, 7) is -1.13. The second-order valence-electron chi connectivity index (χ2n) is 1.05. The monoisotopic (exact) mass is 90.1 g/mol. The molecule has 0 fully saturated rings. The minimum atomic E-state index is -0.564. The topological polar surface area (TPSA) is 52.0 Å². The summed E-state index contributed by atoms with van der Waals surface area (Å²) in [6, 6.07) is 0. The Morgan fingerprint density at radius 1 is 1.17 bits per heavy atom. The summed E-state index contributed by atoms with van der Waals surface area (Å²) in [5.74, 6) is 0. The fraction of sp³-hybridized carbons (Fsp3) is 1.00. The van der Waals surface area contributed by atoms with Gasteiger partial charge in [0.05, 0.1) is 0 Å². The average molecular weight is 90.2 g/mol. The molecule has 0 heterocycles. The zero-order valence-corrected chi connectivity index (χ0v) is 3.72. The van der Waals surface area contributed by atoms with Gasteiger partial charge in [0.15, 0.2) is 0 Å². The molecule has 6 heavy (non-hydrogen) atoms. The van der Waals surface area contributed by atoms with Crippen molar-refractivity contribution in [3.8, 4) is 0 Å². The van der Waals surface area contributed by atoms with Crippen LogP contribution in [0, 0.1) is 0 Å². The minimum absolute atomic E-state index is 0.519. The standard InChI is InChI=1S/C4H12N2/c5-3-1-2-4-6/h1-6H2/i3D,4D/t3-,4-/m0/s1. The first kappa shape index (κ1) is 2.99. The molecular weight excluding hydrogens is 76.1 g/mol. The summed E-state index contributed by atoms with van der Waals surface area (Å²) >= 11 is 0. The molecule has 0 saturated carbocycles. The Bertz CT molecular complexity index is 48.0. The van der Waals surface area contributed by atoms with Crippen LogP contribution < -0.4 is 11.5 Å². The van der Waals surface area contributed by atoms with Crippen molar-refractivity contribution in [3.05, 3.63) is 0 Å². The molecule has 2 atom stereocenters. The Hall–Kier alpha value is -0.0800. The van der Waals surface area contributed by atoms with Crippen molar-refractivity contribution < 1.29 is 2.74 Å². The Labute approximate surface area is 41.3 Å². The highest BCUT2D eigenvalue weighted by atomic mass is 14.5. The van der Waals surface area contributed by atoms with Gasteiger partial charge >= 0.3 is 0 Å². The van der Waals surface area contributed by atoms with E-state index in [1.807, 2.05) is 0 Å². The van der Waals surface area contributed by atoms with E-state index >= 15 is 0 Å². The second-order valence-corrected chi connectivity index (χ2v) is 1.05. The second kappa shape index (κ2) is 4.92. The molecule has 0 spiro atoms. The molecule has 0 bridgehead atoms. The van der Waals surface area contributed by atoms with Gasteiger partial charge in [-0.2, -0.15) is 0 Å². The van der Waals surface area contributed by atoms with Crippen molar-refractivity contribution in [2.24, 2.45) is 11.5 Å². The van der Waals surface area contributed by atoms with E-state index in [0.29, 0.717) is 12.8 Å². The highest BCUT2D eigenvalue weighted by molar-refractivity contribution is 4.38. The molecular formula is C4H12N2. The van der Waals surface area contributed by atoms with Gasteiger partial charge in [-0.15, -0.1) is 0 Å². The highest BCUT2D eigenvalue weighted by Gasteiger charge is 1.75. The summed E-state index contributed by atoms with van der Waals surface area (Å²) < 4.78 is 13.6. The SMILES string of the molecule is [2H][C@H](N)CC[C@H]([2H])N. The maximum Gasteiger partial charge on any atom is 0.0425 e. The number of hydrogen-bond acceptors (Lipinski definition) is 2. The largest absolute Gasteiger partial charge is 0.330 e. The van der Waals surface area contributed by atoms with E-state index in [1.54, 1.807) is 0 Å². The van der Waals surface area contributed by atoms with Gasteiger partial charge in [-0.1, -0.05) is 0 Å². The molecule has 0 amide bonds. The molecule has 2 heteroatoms. The van der Waals surface area contributed by atoms with Gasteiger partial charge in [-0.25, -0.2) is 0 Å². The van der Waals surface area contributed by atoms with Crippen LogP contribution in [0.25, 0.3) is 0 Å². The minimum Gasteiger partial charge on any atom is -0.330 e. The maximum absolute atomic E-state index is 6.81. The van der Waals surface area contributed by atoms with Gasteiger partial charge in [-0.05, 0) is 25.9 Å². The Kier molecular flexibility index (Phi) is 2.45. The Balaban J connectivity index is 2.93. The van der Waals surface area contributed by atoms with E-state index in [4.69, 9.17) is 14.2 Å². The van der Waals surface area contributed by atoms with Crippen molar-refractivity contribution in [2.75, 3.05) is 13.0 Å². The lowest BCUT2D eigenvalue weighted by atomic mass is 10.3. The average Bonchev–Trinajstić information content (AvgIpc) is 1.61. The Morgan fingerprint density at radius 3 is 1.67 bits per heavy atom. The maximum atomic E-state index is 6.81. The van der Waals surface area contributed by atoms with Crippen LogP contribution in [0.15, 0.2) is 0 Å². The van der Waals surface area contributed by atoms with Crippen LogP contribution in [0.4, 0.5) is 0 Å². The predicted molar refractivity (Wildman–Crippen MR) is 27.3 cm³/mol. The van der Waals surface area contributed by atoms with Crippen LogP contribution >= 0.6 is 0 Å². The van der Waals surface area contributed by atoms with E-state index in [9.17, 15) is 0 Å². The summed E-state index contributed by atoms with van der Waals surface area (Å²) in [4.78, 5) is 0. The predicted octanol–water partition coefficient (Wildman–Crippen LogP) is -0.316. The van der Waals surface area contributed by atoms with Gasteiger partial charge in [0.2, 0.25) is 0 Å². The fourth-order valence-corrected chi connectivity index (χ4v) is 0.192. The first-order chi connectivity index (χ1) is 3.63. The molecule has 0 aromatic carbocycles. The summed E-state index contributed by atoms with van der Waals surface area (Å²) in [5, 5.41) is 0. The van der Waals surface area contributed by atoms with Crippen LogP contribution in [-0.4, -0.2) is 13.0 Å². The summed E-state index contributed by atoms with van der Waals surface area (Å²) in [5.41, 5.74) is 10.1. The van der Waals surface area contributed by atoms with Crippen molar-refractivity contribution in [1.29, 1.82) is 0 Å². The third-order valence-electron chi connectivity index (χ3n) is 0.500. The van der Waals surface area contributed by atoms with Gasteiger partial charge in [-0.3, -0.25) is 0 Å². The fourth-order valence-electron chi connectivity index (χ4n) is 0.192. The zero-order valence-electron chi connectivity index (χ0n) is 5.72. The van der Waals surface area contributed by atoms with Crippen LogP contribution in [0.5, 0.6) is 0 Å². The zero-order chi connectivity index (χ0) is 6.57. The summed E-state index contributed by atoms with van der Waals surface area (Å²) in [6.07, 6.45) is 1.04. The van der Waals surface area contributed by atoms with Gasteiger partial charge in [0.25, 0.3) is 0 Å². The molecule has 0 aromatic heterocycles. The normalized spacial score (nSPS) is 24.3. The van der Waals surface area contributed by atoms with E-state index < -0.39 is 13.0 Å². The van der Waals surface area contributed by atoms with Crippen molar-refractivity contribution >= 4 is 0 Å². The molecule has 0 aliphatic carbocycles. The van der Waals surface area contributed by atoms with Crippen LogP contribution in [0.3, 0.4) is 0 Å². The van der Waals surface area contributed by atoms with E-state index in [1.165, 1.54) is 0 Å². The number of hydrogen-bond donors (Lipinski definition) is 2. The summed E-state index contributed by atoms with van der Waals surface area (Å²) in [7, 11) is 0. The third kappa shape index (κ3) is 3.92. The lowest BCUT2D eigenvalue weighted by Crippen LogP contribution is -2.03. The molecule has 0 radical (unpaired) electrons. The van der Waals surface area contributed by atoms with Gasteiger partial charge < -0.3 is 11.5 Å². The quantitative estimate of drug-likeness (QED) is 0.499. The van der Waals surface area contributed by atoms with Crippen molar-refractivity contribution in [3.63, 3.8) is 0 Å². The molecule has 4 N–H and O–H groups in total. The Morgan fingerprint density at radius 2 is 1.50 bits per heavy atom. The van der Waals surface area contributed by atoms with Crippen molar-refractivity contribution in [1.82, 2.24) is 0 Å².